The van der Waals surface area contributed by atoms with Gasteiger partial charge in [0.1, 0.15) is 11.5 Å². The maximum atomic E-state index is 12.4. The third-order valence-electron chi connectivity index (χ3n) is 4.99. The van der Waals surface area contributed by atoms with Crippen molar-refractivity contribution in [1.82, 2.24) is 4.90 Å². The van der Waals surface area contributed by atoms with Crippen molar-refractivity contribution in [3.05, 3.63) is 54.1 Å². The summed E-state index contributed by atoms with van der Waals surface area (Å²) in [6.45, 7) is 7.84. The molecule has 0 atom stereocenters. The molecule has 0 aromatic heterocycles. The predicted molar refractivity (Wildman–Crippen MR) is 117 cm³/mol. The van der Waals surface area contributed by atoms with Crippen LogP contribution >= 0.6 is 0 Å². The number of likely N-dealkylation sites (tertiary alicyclic amines) is 1. The van der Waals surface area contributed by atoms with Gasteiger partial charge in [0.15, 0.2) is 13.2 Å². The van der Waals surface area contributed by atoms with Crippen LogP contribution in [0.1, 0.15) is 39.2 Å². The lowest BCUT2D eigenvalue weighted by atomic mass is 9.86. The summed E-state index contributed by atoms with van der Waals surface area (Å²) in [5, 5.41) is 2.81. The molecule has 1 aliphatic heterocycles. The van der Waals surface area contributed by atoms with Gasteiger partial charge < -0.3 is 19.7 Å². The van der Waals surface area contributed by atoms with Gasteiger partial charge in [-0.2, -0.15) is 0 Å². The summed E-state index contributed by atoms with van der Waals surface area (Å²) in [7, 11) is 0. The topological polar surface area (TPSA) is 67.9 Å². The van der Waals surface area contributed by atoms with Crippen LogP contribution in [0, 0.1) is 0 Å². The zero-order chi connectivity index (χ0) is 21.6. The second-order valence-corrected chi connectivity index (χ2v) is 8.49. The van der Waals surface area contributed by atoms with Crippen LogP contribution in [-0.2, 0) is 15.0 Å². The summed E-state index contributed by atoms with van der Waals surface area (Å²) >= 11 is 0. The van der Waals surface area contributed by atoms with Crippen molar-refractivity contribution in [3.8, 4) is 11.5 Å². The normalized spacial score (nSPS) is 13.8. The second-order valence-electron chi connectivity index (χ2n) is 8.49. The molecule has 1 heterocycles. The maximum absolute atomic E-state index is 12.4. The molecule has 6 nitrogen and oxygen atoms in total. The molecule has 0 saturated carbocycles. The van der Waals surface area contributed by atoms with Crippen molar-refractivity contribution in [2.24, 2.45) is 0 Å². The Morgan fingerprint density at radius 1 is 0.967 bits per heavy atom. The number of para-hydroxylation sites is 1. The summed E-state index contributed by atoms with van der Waals surface area (Å²) < 4.78 is 11.4. The summed E-state index contributed by atoms with van der Waals surface area (Å²) in [6, 6.07) is 14.8. The van der Waals surface area contributed by atoms with Gasteiger partial charge >= 0.3 is 0 Å². The number of anilines is 1. The van der Waals surface area contributed by atoms with E-state index in [-0.39, 0.29) is 30.4 Å². The van der Waals surface area contributed by atoms with Gasteiger partial charge in [0, 0.05) is 24.8 Å². The SMILES string of the molecule is CC(C)(C)c1ccccc1OCC(=O)Nc1cccc(OCC(=O)N2CCCC2)c1. The lowest BCUT2D eigenvalue weighted by Crippen LogP contribution is -2.32. The highest BCUT2D eigenvalue weighted by molar-refractivity contribution is 5.92. The van der Waals surface area contributed by atoms with Crippen LogP contribution in [0.25, 0.3) is 0 Å². The Labute approximate surface area is 178 Å². The van der Waals surface area contributed by atoms with E-state index in [4.69, 9.17) is 9.47 Å². The molecule has 160 valence electrons. The highest BCUT2D eigenvalue weighted by Crippen LogP contribution is 2.30. The zero-order valence-electron chi connectivity index (χ0n) is 17.9. The van der Waals surface area contributed by atoms with Crippen LogP contribution in [0.5, 0.6) is 11.5 Å². The van der Waals surface area contributed by atoms with Crippen molar-refractivity contribution in [3.63, 3.8) is 0 Å². The van der Waals surface area contributed by atoms with Gasteiger partial charge in [-0.25, -0.2) is 0 Å². The van der Waals surface area contributed by atoms with E-state index in [0.29, 0.717) is 17.2 Å². The molecular weight excluding hydrogens is 380 g/mol. The molecule has 6 heteroatoms. The van der Waals surface area contributed by atoms with E-state index in [1.165, 1.54) is 0 Å². The highest BCUT2D eigenvalue weighted by Gasteiger charge is 2.19. The number of carbonyl (C=O) groups is 2. The molecular formula is C24H30N2O4. The molecule has 0 spiro atoms. The predicted octanol–water partition coefficient (Wildman–Crippen LogP) is 4.00. The molecule has 2 aromatic rings. The van der Waals surface area contributed by atoms with Crippen LogP contribution in [0.15, 0.2) is 48.5 Å². The van der Waals surface area contributed by atoms with Crippen LogP contribution in [-0.4, -0.2) is 43.0 Å². The van der Waals surface area contributed by atoms with Gasteiger partial charge in [-0.3, -0.25) is 9.59 Å². The zero-order valence-corrected chi connectivity index (χ0v) is 17.9. The second kappa shape index (κ2) is 9.65. The van der Waals surface area contributed by atoms with Crippen LogP contribution in [0.3, 0.4) is 0 Å². The third-order valence-corrected chi connectivity index (χ3v) is 4.99. The molecule has 0 bridgehead atoms. The quantitative estimate of drug-likeness (QED) is 0.749. The molecule has 0 unspecified atom stereocenters. The Morgan fingerprint density at radius 2 is 1.70 bits per heavy atom. The summed E-state index contributed by atoms with van der Waals surface area (Å²) in [6.07, 6.45) is 2.10. The number of nitrogens with zero attached hydrogens (tertiary/aromatic N) is 1. The fraction of sp³-hybridized carbons (Fsp3) is 0.417. The van der Waals surface area contributed by atoms with Gasteiger partial charge in [0.25, 0.3) is 11.8 Å². The first-order valence-corrected chi connectivity index (χ1v) is 10.4. The average Bonchev–Trinajstić information content (AvgIpc) is 3.25. The van der Waals surface area contributed by atoms with Crippen molar-refractivity contribution in [2.75, 3.05) is 31.6 Å². The lowest BCUT2D eigenvalue weighted by Gasteiger charge is -2.22. The average molecular weight is 411 g/mol. The van der Waals surface area contributed by atoms with E-state index in [2.05, 4.69) is 26.1 Å². The van der Waals surface area contributed by atoms with Crippen molar-refractivity contribution >= 4 is 17.5 Å². The Balaban J connectivity index is 1.52. The van der Waals surface area contributed by atoms with Crippen molar-refractivity contribution in [1.29, 1.82) is 0 Å². The van der Waals surface area contributed by atoms with Crippen LogP contribution in [0.2, 0.25) is 0 Å². The van der Waals surface area contributed by atoms with Crippen molar-refractivity contribution < 1.29 is 19.1 Å². The number of benzene rings is 2. The Morgan fingerprint density at radius 3 is 2.43 bits per heavy atom. The number of hydrogen-bond acceptors (Lipinski definition) is 4. The van der Waals surface area contributed by atoms with Crippen molar-refractivity contribution in [2.45, 2.75) is 39.0 Å². The summed E-state index contributed by atoms with van der Waals surface area (Å²) in [5.41, 5.74) is 1.57. The lowest BCUT2D eigenvalue weighted by molar-refractivity contribution is -0.132. The molecule has 2 amide bonds. The molecule has 1 saturated heterocycles. The number of nitrogens with one attached hydrogen (secondary N) is 1. The van der Waals surface area contributed by atoms with E-state index in [1.807, 2.05) is 29.2 Å². The maximum Gasteiger partial charge on any atom is 0.262 e. The minimum atomic E-state index is -0.260. The smallest absolute Gasteiger partial charge is 0.262 e. The third kappa shape index (κ3) is 5.99. The molecule has 1 N–H and O–H groups in total. The minimum Gasteiger partial charge on any atom is -0.484 e. The number of ether oxygens (including phenoxy) is 2. The highest BCUT2D eigenvalue weighted by atomic mass is 16.5. The monoisotopic (exact) mass is 410 g/mol. The van der Waals surface area contributed by atoms with Crippen LogP contribution < -0.4 is 14.8 Å². The van der Waals surface area contributed by atoms with E-state index in [9.17, 15) is 9.59 Å². The number of carbonyl (C=O) groups excluding carboxylic acids is 2. The van der Waals surface area contributed by atoms with E-state index in [0.717, 1.165) is 31.5 Å². The number of amides is 2. The molecule has 30 heavy (non-hydrogen) atoms. The largest absolute Gasteiger partial charge is 0.484 e. The van der Waals surface area contributed by atoms with Crippen LogP contribution in [0.4, 0.5) is 5.69 Å². The minimum absolute atomic E-state index is 0.00407. The number of rotatable bonds is 7. The Bertz CT molecular complexity index is 883. The first-order valence-electron chi connectivity index (χ1n) is 10.4. The van der Waals surface area contributed by atoms with E-state index < -0.39 is 0 Å². The van der Waals surface area contributed by atoms with Gasteiger partial charge in [-0.1, -0.05) is 45.0 Å². The molecule has 1 aliphatic rings. The van der Waals surface area contributed by atoms with Gasteiger partial charge in [0.2, 0.25) is 0 Å². The molecule has 2 aromatic carbocycles. The first kappa shape index (κ1) is 21.7. The first-order chi connectivity index (χ1) is 14.3. The fourth-order valence-corrected chi connectivity index (χ4v) is 3.42. The van der Waals surface area contributed by atoms with Gasteiger partial charge in [-0.05, 0) is 42.0 Å². The number of hydrogen-bond donors (Lipinski definition) is 1. The van der Waals surface area contributed by atoms with E-state index >= 15 is 0 Å². The summed E-state index contributed by atoms with van der Waals surface area (Å²) in [4.78, 5) is 26.3. The van der Waals surface area contributed by atoms with E-state index in [1.54, 1.807) is 24.3 Å². The molecule has 3 rings (SSSR count). The molecule has 0 radical (unpaired) electrons. The molecule has 0 aliphatic carbocycles. The Hall–Kier alpha value is -3.02. The van der Waals surface area contributed by atoms with Gasteiger partial charge in [-0.15, -0.1) is 0 Å². The fourth-order valence-electron chi connectivity index (χ4n) is 3.42. The molecule has 1 fully saturated rings. The summed E-state index contributed by atoms with van der Waals surface area (Å²) in [5.74, 6) is 0.980. The Kier molecular flexibility index (Phi) is 6.98. The standard InChI is InChI=1S/C24H30N2O4/c1-24(2,3)20-11-4-5-12-21(20)30-16-22(27)25-18-9-8-10-19(15-18)29-17-23(28)26-13-6-7-14-26/h4-5,8-12,15H,6-7,13-14,16-17H2,1-3H3,(H,25,27). The van der Waals surface area contributed by atoms with Gasteiger partial charge in [0.05, 0.1) is 0 Å².